The molecule has 0 fully saturated rings. The van der Waals surface area contributed by atoms with Crippen LogP contribution in [0.3, 0.4) is 0 Å². The normalized spacial score (nSPS) is 12.7. The lowest BCUT2D eigenvalue weighted by atomic mass is 10.0. The van der Waals surface area contributed by atoms with Crippen molar-refractivity contribution in [3.05, 3.63) is 0 Å². The van der Waals surface area contributed by atoms with Crippen molar-refractivity contribution in [1.82, 2.24) is 0 Å². The van der Waals surface area contributed by atoms with Crippen molar-refractivity contribution in [1.29, 1.82) is 0 Å². The SMILES string of the molecule is BC(O)C#CC(=O)OC(C)(C)C. The molecule has 0 aromatic carbocycles. The van der Waals surface area contributed by atoms with Crippen molar-refractivity contribution in [3.63, 3.8) is 0 Å². The quantitative estimate of drug-likeness (QED) is 0.225. The van der Waals surface area contributed by atoms with Gasteiger partial charge in [-0.15, -0.1) is 0 Å². The van der Waals surface area contributed by atoms with Crippen LogP contribution in [-0.4, -0.2) is 30.5 Å². The van der Waals surface area contributed by atoms with Crippen molar-refractivity contribution in [2.45, 2.75) is 32.4 Å². The minimum Gasteiger partial charge on any atom is -0.450 e. The summed E-state index contributed by atoms with van der Waals surface area (Å²) in [6.07, 6.45) is 0. The third-order valence-electron chi connectivity index (χ3n) is 0.782. The largest absolute Gasteiger partial charge is 0.450 e. The molecule has 0 rings (SSSR count). The maximum atomic E-state index is 10.9. The molecular formula is C8H13BO3. The van der Waals surface area contributed by atoms with Gasteiger partial charge in [0.25, 0.3) is 0 Å². The summed E-state index contributed by atoms with van der Waals surface area (Å²) < 4.78 is 4.86. The van der Waals surface area contributed by atoms with E-state index in [0.717, 1.165) is 0 Å². The van der Waals surface area contributed by atoms with Crippen molar-refractivity contribution in [2.24, 2.45) is 0 Å². The highest BCUT2D eigenvalue weighted by Crippen LogP contribution is 2.05. The standard InChI is InChI=1S/C8H13BO3/c1-8(2,3)12-7(11)5-4-6(9)10/h6,10H,9H2,1-3H3. The second-order valence-electron chi connectivity index (χ2n) is 3.45. The zero-order valence-electron chi connectivity index (χ0n) is 7.84. The van der Waals surface area contributed by atoms with E-state index in [2.05, 4.69) is 11.8 Å². The molecule has 1 unspecified atom stereocenters. The van der Waals surface area contributed by atoms with Gasteiger partial charge in [0.2, 0.25) is 0 Å². The Morgan fingerprint density at radius 3 is 2.42 bits per heavy atom. The van der Waals surface area contributed by atoms with Gasteiger partial charge in [-0.1, -0.05) is 5.92 Å². The number of hydrogen-bond acceptors (Lipinski definition) is 3. The molecule has 1 atom stereocenters. The molecule has 1 N–H and O–H groups in total. The van der Waals surface area contributed by atoms with Crippen LogP contribution in [0.25, 0.3) is 0 Å². The molecule has 0 aliphatic heterocycles. The summed E-state index contributed by atoms with van der Waals surface area (Å²) in [6, 6.07) is -0.794. The molecule has 0 aromatic heterocycles. The Labute approximate surface area is 73.5 Å². The van der Waals surface area contributed by atoms with Crippen LogP contribution in [0, 0.1) is 11.8 Å². The minimum atomic E-state index is -0.794. The molecule has 0 spiro atoms. The van der Waals surface area contributed by atoms with Gasteiger partial charge >= 0.3 is 5.97 Å². The van der Waals surface area contributed by atoms with E-state index >= 15 is 0 Å². The molecule has 0 saturated heterocycles. The molecule has 4 heteroatoms. The van der Waals surface area contributed by atoms with Crippen molar-refractivity contribution in [3.8, 4) is 11.8 Å². The number of rotatable bonds is 0. The maximum absolute atomic E-state index is 10.9. The van der Waals surface area contributed by atoms with E-state index in [-0.39, 0.29) is 0 Å². The van der Waals surface area contributed by atoms with Crippen LogP contribution in [0.1, 0.15) is 20.8 Å². The summed E-state index contributed by atoms with van der Waals surface area (Å²) in [7, 11) is 1.48. The maximum Gasteiger partial charge on any atom is 0.384 e. The van der Waals surface area contributed by atoms with E-state index in [1.807, 2.05) is 0 Å². The van der Waals surface area contributed by atoms with Crippen LogP contribution in [0.2, 0.25) is 0 Å². The molecule has 0 aliphatic carbocycles. The van der Waals surface area contributed by atoms with Gasteiger partial charge in [-0.25, -0.2) is 4.79 Å². The van der Waals surface area contributed by atoms with Crippen LogP contribution >= 0.6 is 0 Å². The van der Waals surface area contributed by atoms with Gasteiger partial charge in [0.15, 0.2) is 7.85 Å². The third-order valence-corrected chi connectivity index (χ3v) is 0.782. The first kappa shape index (κ1) is 11.1. The molecule has 0 heterocycles. The van der Waals surface area contributed by atoms with Crippen molar-refractivity contribution >= 4 is 13.8 Å². The summed E-state index contributed by atoms with van der Waals surface area (Å²) >= 11 is 0. The van der Waals surface area contributed by atoms with Crippen LogP contribution < -0.4 is 0 Å². The summed E-state index contributed by atoms with van der Waals surface area (Å²) in [5.74, 6) is 3.87. The van der Waals surface area contributed by atoms with E-state index in [1.165, 1.54) is 7.85 Å². The number of ether oxygens (including phenoxy) is 1. The summed E-state index contributed by atoms with van der Waals surface area (Å²) in [6.45, 7) is 5.28. The first-order valence-electron chi connectivity index (χ1n) is 3.74. The average molecular weight is 168 g/mol. The Morgan fingerprint density at radius 2 is 2.08 bits per heavy atom. The zero-order valence-corrected chi connectivity index (χ0v) is 7.84. The predicted octanol–water partition coefficient (Wildman–Crippen LogP) is -0.717. The first-order valence-corrected chi connectivity index (χ1v) is 3.74. The average Bonchev–Trinajstić information content (AvgIpc) is 1.79. The number of aliphatic hydroxyl groups is 1. The zero-order chi connectivity index (χ0) is 9.78. The van der Waals surface area contributed by atoms with Crippen LogP contribution in [-0.2, 0) is 9.53 Å². The van der Waals surface area contributed by atoms with E-state index in [1.54, 1.807) is 20.8 Å². The van der Waals surface area contributed by atoms with E-state index < -0.39 is 17.6 Å². The van der Waals surface area contributed by atoms with Gasteiger partial charge in [0.1, 0.15) is 5.60 Å². The predicted molar refractivity (Wildman–Crippen MR) is 48.2 cm³/mol. The number of hydrogen-bond donors (Lipinski definition) is 1. The number of esters is 1. The van der Waals surface area contributed by atoms with Crippen molar-refractivity contribution in [2.75, 3.05) is 0 Å². The summed E-state index contributed by atoms with van der Waals surface area (Å²) in [5, 5.41) is 8.72. The van der Waals surface area contributed by atoms with E-state index in [0.29, 0.717) is 0 Å². The lowest BCUT2D eigenvalue weighted by Gasteiger charge is -2.16. The Hall–Kier alpha value is -0.945. The fourth-order valence-electron chi connectivity index (χ4n) is 0.467. The smallest absolute Gasteiger partial charge is 0.384 e. The highest BCUT2D eigenvalue weighted by molar-refractivity contribution is 6.13. The number of carbonyl (C=O) groups is 1. The molecule has 0 aliphatic rings. The van der Waals surface area contributed by atoms with Gasteiger partial charge in [-0.2, -0.15) is 0 Å². The van der Waals surface area contributed by atoms with Crippen LogP contribution in [0.15, 0.2) is 0 Å². The fourth-order valence-corrected chi connectivity index (χ4v) is 0.467. The molecule has 0 radical (unpaired) electrons. The molecule has 0 aromatic rings. The number of carbonyl (C=O) groups excluding carboxylic acids is 1. The third kappa shape index (κ3) is 7.17. The van der Waals surface area contributed by atoms with Gasteiger partial charge in [0.05, 0.1) is 6.00 Å². The monoisotopic (exact) mass is 168 g/mol. The van der Waals surface area contributed by atoms with Crippen LogP contribution in [0.4, 0.5) is 0 Å². The second-order valence-corrected chi connectivity index (χ2v) is 3.45. The molecule has 3 nitrogen and oxygen atoms in total. The van der Waals surface area contributed by atoms with Gasteiger partial charge in [0, 0.05) is 5.92 Å². The highest BCUT2D eigenvalue weighted by atomic mass is 16.6. The minimum absolute atomic E-state index is 0.523. The molecule has 12 heavy (non-hydrogen) atoms. The molecule has 66 valence electrons. The Balaban J connectivity index is 4.02. The van der Waals surface area contributed by atoms with E-state index in [4.69, 9.17) is 9.84 Å². The summed E-state index contributed by atoms with van der Waals surface area (Å²) in [4.78, 5) is 10.9. The Kier molecular flexibility index (Phi) is 3.84. The highest BCUT2D eigenvalue weighted by Gasteiger charge is 2.14. The fraction of sp³-hybridized carbons (Fsp3) is 0.625. The topological polar surface area (TPSA) is 46.5 Å². The molecular weight excluding hydrogens is 155 g/mol. The van der Waals surface area contributed by atoms with Gasteiger partial charge in [-0.3, -0.25) is 0 Å². The molecule has 0 saturated carbocycles. The van der Waals surface area contributed by atoms with Gasteiger partial charge < -0.3 is 9.84 Å². The van der Waals surface area contributed by atoms with Crippen molar-refractivity contribution < 1.29 is 14.6 Å². The second kappa shape index (κ2) is 4.17. The lowest BCUT2D eigenvalue weighted by molar-refractivity contribution is -0.147. The van der Waals surface area contributed by atoms with Gasteiger partial charge in [-0.05, 0) is 20.8 Å². The first-order chi connectivity index (χ1) is 5.31. The Morgan fingerprint density at radius 1 is 1.58 bits per heavy atom. The van der Waals surface area contributed by atoms with Crippen LogP contribution in [0.5, 0.6) is 0 Å². The molecule has 0 amide bonds. The summed E-state index contributed by atoms with van der Waals surface area (Å²) in [5.41, 5.74) is -0.523. The number of aliphatic hydroxyl groups excluding tert-OH is 1. The van der Waals surface area contributed by atoms with E-state index in [9.17, 15) is 4.79 Å². The Bertz CT molecular complexity index is 217. The molecule has 0 bridgehead atoms. The lowest BCUT2D eigenvalue weighted by Crippen LogP contribution is -2.23.